The number of hydrogen-bond donors (Lipinski definition) is 1. The van der Waals surface area contributed by atoms with Crippen molar-refractivity contribution in [2.24, 2.45) is 0 Å². The maximum Gasteiger partial charge on any atom is 0.339 e. The van der Waals surface area contributed by atoms with Gasteiger partial charge in [-0.05, 0) is 19.1 Å². The van der Waals surface area contributed by atoms with E-state index in [1.807, 2.05) is 0 Å². The molecule has 1 heterocycles. The summed E-state index contributed by atoms with van der Waals surface area (Å²) in [6.45, 7) is 1.28. The number of benzene rings is 1. The van der Waals surface area contributed by atoms with Crippen molar-refractivity contribution in [3.05, 3.63) is 23.8 Å². The lowest BCUT2D eigenvalue weighted by Gasteiger charge is -2.23. The summed E-state index contributed by atoms with van der Waals surface area (Å²) in [5.74, 6) is -1.36. The van der Waals surface area contributed by atoms with Crippen molar-refractivity contribution in [1.82, 2.24) is 0 Å². The Morgan fingerprint density at radius 1 is 1.39 bits per heavy atom. The summed E-state index contributed by atoms with van der Waals surface area (Å²) in [4.78, 5) is 22.9. The molecular formula is C11H11NO5S. The van der Waals surface area contributed by atoms with Gasteiger partial charge in [-0.1, -0.05) is 6.07 Å². The van der Waals surface area contributed by atoms with Crippen LogP contribution in [0.5, 0.6) is 0 Å². The Hall–Kier alpha value is -1.89. The Morgan fingerprint density at radius 3 is 2.67 bits per heavy atom. The average Bonchev–Trinajstić information content (AvgIpc) is 2.34. The van der Waals surface area contributed by atoms with Crippen molar-refractivity contribution in [2.45, 2.75) is 17.1 Å². The van der Waals surface area contributed by atoms with Crippen LogP contribution in [-0.4, -0.2) is 32.7 Å². The Kier molecular flexibility index (Phi) is 2.86. The zero-order chi connectivity index (χ0) is 13.5. The summed E-state index contributed by atoms with van der Waals surface area (Å²) in [7, 11) is -2.70. The second-order valence-electron chi connectivity index (χ2n) is 3.85. The molecule has 7 heteroatoms. The van der Waals surface area contributed by atoms with Crippen LogP contribution in [0.3, 0.4) is 0 Å². The van der Waals surface area contributed by atoms with Crippen LogP contribution in [-0.2, 0) is 19.4 Å². The molecule has 1 aliphatic rings. The fourth-order valence-corrected chi connectivity index (χ4v) is 3.34. The first-order valence-electron chi connectivity index (χ1n) is 5.15. The fourth-order valence-electron chi connectivity index (χ4n) is 1.76. The minimum absolute atomic E-state index is 0.0677. The molecule has 0 saturated heterocycles. The van der Waals surface area contributed by atoms with Gasteiger partial charge in [-0.25, -0.2) is 13.2 Å². The van der Waals surface area contributed by atoms with E-state index in [9.17, 15) is 18.0 Å². The van der Waals surface area contributed by atoms with Gasteiger partial charge in [0.25, 0.3) is 0 Å². The van der Waals surface area contributed by atoms with Gasteiger partial charge in [-0.3, -0.25) is 4.79 Å². The Balaban J connectivity index is 2.77. The van der Waals surface area contributed by atoms with E-state index in [-0.39, 0.29) is 16.1 Å². The standard InChI is InChI=1S/C11H11NO5S/c1-6-10(13)12-8-5-3-4-7(11(14)17-2)9(8)18(6,15)16/h3-6H,1-2H3,(H,12,13). The maximum absolute atomic E-state index is 12.2. The Labute approximate surface area is 104 Å². The van der Waals surface area contributed by atoms with Crippen LogP contribution in [0.2, 0.25) is 0 Å². The molecule has 2 rings (SSSR count). The summed E-state index contributed by atoms with van der Waals surface area (Å²) >= 11 is 0. The second kappa shape index (κ2) is 4.09. The van der Waals surface area contributed by atoms with Crippen LogP contribution in [0.15, 0.2) is 23.1 Å². The van der Waals surface area contributed by atoms with Gasteiger partial charge in [-0.2, -0.15) is 0 Å². The number of nitrogens with one attached hydrogen (secondary N) is 1. The molecule has 1 amide bonds. The van der Waals surface area contributed by atoms with E-state index in [0.717, 1.165) is 0 Å². The van der Waals surface area contributed by atoms with E-state index >= 15 is 0 Å². The molecule has 0 spiro atoms. The van der Waals surface area contributed by atoms with Crippen LogP contribution in [0, 0.1) is 0 Å². The van der Waals surface area contributed by atoms with Crippen LogP contribution < -0.4 is 5.32 Å². The highest BCUT2D eigenvalue weighted by Crippen LogP contribution is 2.33. The topological polar surface area (TPSA) is 89.5 Å². The largest absolute Gasteiger partial charge is 0.465 e. The number of ether oxygens (including phenoxy) is 1. The summed E-state index contributed by atoms with van der Waals surface area (Å²) in [6.07, 6.45) is 0. The van der Waals surface area contributed by atoms with Crippen LogP contribution in [0.1, 0.15) is 17.3 Å². The van der Waals surface area contributed by atoms with Crippen molar-refractivity contribution in [3.63, 3.8) is 0 Å². The number of hydrogen-bond acceptors (Lipinski definition) is 5. The molecule has 1 atom stereocenters. The number of anilines is 1. The highest BCUT2D eigenvalue weighted by atomic mass is 32.2. The highest BCUT2D eigenvalue weighted by molar-refractivity contribution is 7.93. The van der Waals surface area contributed by atoms with Crippen molar-refractivity contribution in [2.75, 3.05) is 12.4 Å². The molecule has 0 saturated carbocycles. The minimum Gasteiger partial charge on any atom is -0.465 e. The lowest BCUT2D eigenvalue weighted by molar-refractivity contribution is -0.115. The molecule has 1 aromatic carbocycles. The van der Waals surface area contributed by atoms with Crippen LogP contribution in [0.25, 0.3) is 0 Å². The van der Waals surface area contributed by atoms with Gasteiger partial charge in [0, 0.05) is 0 Å². The first-order valence-corrected chi connectivity index (χ1v) is 6.70. The summed E-state index contributed by atoms with van der Waals surface area (Å²) in [6, 6.07) is 4.27. The number of methoxy groups -OCH3 is 1. The number of carbonyl (C=O) groups excluding carboxylic acids is 2. The summed E-state index contributed by atoms with van der Waals surface area (Å²) in [5, 5.41) is 1.23. The van der Waals surface area contributed by atoms with Gasteiger partial charge in [0.1, 0.15) is 10.1 Å². The van der Waals surface area contributed by atoms with E-state index < -0.39 is 27.0 Å². The highest BCUT2D eigenvalue weighted by Gasteiger charge is 2.39. The van der Waals surface area contributed by atoms with E-state index in [2.05, 4.69) is 10.1 Å². The van der Waals surface area contributed by atoms with E-state index in [0.29, 0.717) is 0 Å². The van der Waals surface area contributed by atoms with E-state index in [4.69, 9.17) is 0 Å². The molecular weight excluding hydrogens is 258 g/mol. The fraction of sp³-hybridized carbons (Fsp3) is 0.273. The van der Waals surface area contributed by atoms with Crippen LogP contribution in [0.4, 0.5) is 5.69 Å². The Bertz CT molecular complexity index is 635. The predicted molar refractivity (Wildman–Crippen MR) is 63.1 cm³/mol. The Morgan fingerprint density at radius 2 is 2.06 bits per heavy atom. The molecule has 0 aliphatic carbocycles. The second-order valence-corrected chi connectivity index (χ2v) is 6.06. The quantitative estimate of drug-likeness (QED) is 0.753. The SMILES string of the molecule is COC(=O)c1cccc2c1S(=O)(=O)C(C)C(=O)N2. The molecule has 18 heavy (non-hydrogen) atoms. The van der Waals surface area contributed by atoms with Gasteiger partial charge < -0.3 is 10.1 Å². The molecule has 6 nitrogen and oxygen atoms in total. The van der Waals surface area contributed by atoms with Gasteiger partial charge in [0.2, 0.25) is 5.91 Å². The van der Waals surface area contributed by atoms with Crippen molar-refractivity contribution >= 4 is 27.4 Å². The lowest BCUT2D eigenvalue weighted by atomic mass is 10.2. The van der Waals surface area contributed by atoms with Gasteiger partial charge >= 0.3 is 5.97 Å². The summed E-state index contributed by atoms with van der Waals surface area (Å²) in [5.41, 5.74) is 0.0443. The summed E-state index contributed by atoms with van der Waals surface area (Å²) < 4.78 is 28.9. The zero-order valence-electron chi connectivity index (χ0n) is 9.76. The number of sulfone groups is 1. The minimum atomic E-state index is -3.87. The number of rotatable bonds is 1. The zero-order valence-corrected chi connectivity index (χ0v) is 10.6. The van der Waals surface area contributed by atoms with Gasteiger partial charge in [0.15, 0.2) is 9.84 Å². The lowest BCUT2D eigenvalue weighted by Crippen LogP contribution is -2.38. The maximum atomic E-state index is 12.2. The third-order valence-electron chi connectivity index (χ3n) is 2.80. The van der Waals surface area contributed by atoms with Crippen molar-refractivity contribution in [1.29, 1.82) is 0 Å². The van der Waals surface area contributed by atoms with Gasteiger partial charge in [0.05, 0.1) is 18.4 Å². The molecule has 96 valence electrons. The van der Waals surface area contributed by atoms with Crippen molar-refractivity contribution < 1.29 is 22.7 Å². The molecule has 1 N–H and O–H groups in total. The monoisotopic (exact) mass is 269 g/mol. The molecule has 1 unspecified atom stereocenters. The van der Waals surface area contributed by atoms with Crippen LogP contribution >= 0.6 is 0 Å². The average molecular weight is 269 g/mol. The van der Waals surface area contributed by atoms with E-state index in [1.165, 1.54) is 32.2 Å². The molecule has 1 aliphatic heterocycles. The molecule has 0 radical (unpaired) electrons. The number of carbonyl (C=O) groups is 2. The third-order valence-corrected chi connectivity index (χ3v) is 4.95. The number of amides is 1. The first-order chi connectivity index (χ1) is 8.39. The molecule has 0 fully saturated rings. The smallest absolute Gasteiger partial charge is 0.339 e. The normalized spacial score (nSPS) is 20.8. The first kappa shape index (κ1) is 12.6. The number of esters is 1. The van der Waals surface area contributed by atoms with Gasteiger partial charge in [-0.15, -0.1) is 0 Å². The number of fused-ring (bicyclic) bond motifs is 1. The molecule has 1 aromatic rings. The van der Waals surface area contributed by atoms with E-state index in [1.54, 1.807) is 0 Å². The molecule has 0 aromatic heterocycles. The third kappa shape index (κ3) is 1.67. The molecule has 0 bridgehead atoms. The predicted octanol–water partition coefficient (Wildman–Crippen LogP) is 0.587. The van der Waals surface area contributed by atoms with Crippen molar-refractivity contribution in [3.8, 4) is 0 Å².